The van der Waals surface area contributed by atoms with Crippen molar-refractivity contribution in [2.45, 2.75) is 47.6 Å². The average molecular weight is 481 g/mol. The molecule has 0 rings (SSSR count). The molecule has 0 radical (unpaired) electrons. The third kappa shape index (κ3) is 3.41. The Morgan fingerprint density at radius 1 is 0.448 bits per heavy atom. The number of halogens is 17. The van der Waals surface area contributed by atoms with Crippen molar-refractivity contribution < 1.29 is 84.5 Å². The normalized spacial score (nSPS) is 17.4. The molecule has 0 aromatic heterocycles. The summed E-state index contributed by atoms with van der Waals surface area (Å²) in [7, 11) is 0. The maximum Gasteiger partial charge on any atom is 0.460 e. The number of rotatable bonds is 6. The van der Waals surface area contributed by atoms with E-state index in [9.17, 15) is 84.5 Å². The molecule has 0 aromatic carbocycles. The van der Waals surface area contributed by atoms with Crippen molar-refractivity contribution in [3.63, 3.8) is 0 Å². The summed E-state index contributed by atoms with van der Waals surface area (Å²) in [6.07, 6.45) is -15.7. The van der Waals surface area contributed by atoms with Gasteiger partial charge in [0, 0.05) is 0 Å². The summed E-state index contributed by atoms with van der Waals surface area (Å²) in [5.74, 6) is -48.0. The molecule has 0 heterocycles. The van der Waals surface area contributed by atoms with Crippen molar-refractivity contribution in [1.29, 1.82) is 0 Å². The number of hydrogen-bond acceptors (Lipinski definition) is 2. The highest BCUT2D eigenvalue weighted by Gasteiger charge is 2.95. The van der Waals surface area contributed by atoms with E-state index in [-0.39, 0.29) is 6.15 Å². The largest absolute Gasteiger partial charge is 0.546 e. The molecule has 0 aliphatic rings. The topological polar surface area (TPSA) is 76.6 Å². The molecule has 3 nitrogen and oxygen atoms in total. The van der Waals surface area contributed by atoms with Gasteiger partial charge in [-0.05, 0) is 0 Å². The van der Waals surface area contributed by atoms with E-state index in [1.165, 1.54) is 0 Å². The number of carboxylic acids is 1. The molecule has 0 aromatic rings. The van der Waals surface area contributed by atoms with Gasteiger partial charge in [0.05, 0.1) is 5.97 Å². The van der Waals surface area contributed by atoms with Crippen LogP contribution < -0.4 is 11.3 Å². The first-order chi connectivity index (χ1) is 11.7. The van der Waals surface area contributed by atoms with Gasteiger partial charge in [-0.2, -0.15) is 70.2 Å². The molecule has 0 amide bonds. The Kier molecular flexibility index (Phi) is 7.00. The summed E-state index contributed by atoms with van der Waals surface area (Å²) in [5.41, 5.74) is -7.92. The Bertz CT molecular complexity index is 619. The zero-order valence-corrected chi connectivity index (χ0v) is 12.7. The van der Waals surface area contributed by atoms with Crippen LogP contribution in [0.15, 0.2) is 0 Å². The van der Waals surface area contributed by atoms with Crippen molar-refractivity contribution in [2.24, 2.45) is 0 Å². The van der Waals surface area contributed by atoms with Crippen LogP contribution in [0.4, 0.5) is 74.6 Å². The predicted molar refractivity (Wildman–Crippen MR) is 51.7 cm³/mol. The highest BCUT2D eigenvalue weighted by Crippen LogP contribution is 2.63. The number of quaternary nitrogens is 1. The smallest absolute Gasteiger partial charge is 0.460 e. The van der Waals surface area contributed by atoms with Crippen LogP contribution in [0.5, 0.6) is 0 Å². The second-order valence-electron chi connectivity index (χ2n) is 4.81. The maximum atomic E-state index is 13.1. The van der Waals surface area contributed by atoms with Crippen molar-refractivity contribution in [2.75, 3.05) is 0 Å². The first-order valence-electron chi connectivity index (χ1n) is 5.62. The lowest BCUT2D eigenvalue weighted by molar-refractivity contribution is -0.459. The van der Waals surface area contributed by atoms with Crippen LogP contribution in [0, 0.1) is 0 Å². The van der Waals surface area contributed by atoms with Crippen LogP contribution in [-0.4, -0.2) is 53.6 Å². The number of carbonyl (C=O) groups excluding carboxylic acids is 1. The highest BCUT2D eigenvalue weighted by atomic mass is 19.4. The van der Waals surface area contributed by atoms with Gasteiger partial charge in [-0.25, -0.2) is 4.39 Å². The van der Waals surface area contributed by atoms with Crippen LogP contribution in [0.1, 0.15) is 0 Å². The van der Waals surface area contributed by atoms with Crippen LogP contribution in [0.2, 0.25) is 0 Å². The lowest BCUT2D eigenvalue weighted by atomic mass is 9.85. The van der Waals surface area contributed by atoms with E-state index in [0.717, 1.165) is 0 Å². The maximum absolute atomic E-state index is 13.1. The lowest BCUT2D eigenvalue weighted by Gasteiger charge is -2.44. The Morgan fingerprint density at radius 3 is 0.897 bits per heavy atom. The van der Waals surface area contributed by atoms with E-state index in [0.29, 0.717) is 0 Å². The quantitative estimate of drug-likeness (QED) is 0.580. The SMILES string of the molecule is O=C([O-])C(F)(C(F)(F)F)C(F)(F)C(F)(F)C(F)(F)C(F)(F)C(F)(F)C(F)(F)F.[NH4+]. The van der Waals surface area contributed by atoms with Crippen molar-refractivity contribution in [3.8, 4) is 0 Å². The second kappa shape index (κ2) is 6.89. The first-order valence-corrected chi connectivity index (χ1v) is 5.62. The van der Waals surface area contributed by atoms with Gasteiger partial charge in [0.15, 0.2) is 0 Å². The van der Waals surface area contributed by atoms with Crippen LogP contribution in [0.25, 0.3) is 0 Å². The van der Waals surface area contributed by atoms with Crippen molar-refractivity contribution >= 4 is 5.97 Å². The third-order valence-electron chi connectivity index (χ3n) is 3.04. The van der Waals surface area contributed by atoms with Gasteiger partial charge in [0.2, 0.25) is 0 Å². The zero-order valence-electron chi connectivity index (χ0n) is 12.7. The summed E-state index contributed by atoms with van der Waals surface area (Å²) < 4.78 is 213. The number of alkyl halides is 17. The van der Waals surface area contributed by atoms with Gasteiger partial charge >= 0.3 is 47.6 Å². The number of carbonyl (C=O) groups is 1. The molecule has 29 heavy (non-hydrogen) atoms. The molecule has 0 fully saturated rings. The molecular weight excluding hydrogens is 477 g/mol. The molecule has 4 N–H and O–H groups in total. The molecule has 0 spiro atoms. The van der Waals surface area contributed by atoms with E-state index in [2.05, 4.69) is 0 Å². The highest BCUT2D eigenvalue weighted by molar-refractivity contribution is 5.78. The minimum absolute atomic E-state index is 0. The fourth-order valence-corrected chi connectivity index (χ4v) is 1.41. The van der Waals surface area contributed by atoms with Crippen molar-refractivity contribution in [1.82, 2.24) is 6.15 Å². The molecule has 0 bridgehead atoms. The molecule has 1 unspecified atom stereocenters. The minimum atomic E-state index is -8.79. The van der Waals surface area contributed by atoms with Gasteiger partial charge in [-0.15, -0.1) is 0 Å². The Labute approximate surface area is 146 Å². The fraction of sp³-hybridized carbons (Fsp3) is 0.889. The third-order valence-corrected chi connectivity index (χ3v) is 3.04. The molecule has 0 aliphatic heterocycles. The lowest BCUT2D eigenvalue weighted by Crippen LogP contribution is -2.77. The molecule has 0 saturated carbocycles. The predicted octanol–water partition coefficient (Wildman–Crippen LogP) is 4.12. The second-order valence-corrected chi connectivity index (χ2v) is 4.81. The fourth-order valence-electron chi connectivity index (χ4n) is 1.41. The summed E-state index contributed by atoms with van der Waals surface area (Å²) in [5, 5.41) is 9.91. The van der Waals surface area contributed by atoms with E-state index < -0.39 is 53.6 Å². The van der Waals surface area contributed by atoms with Gasteiger partial charge in [0.1, 0.15) is 0 Å². The standard InChI is InChI=1S/C9HF17O2.H3N/c10-2(1(27)28,8(21,22)23)3(11,12)4(13,14)5(15,16)6(17,18)7(19,20)9(24,25)26;/h(H,27,28);1H3. The minimum Gasteiger partial charge on any atom is -0.546 e. The average Bonchev–Trinajstić information content (AvgIpc) is 2.42. The molecule has 0 aliphatic carbocycles. The number of aliphatic carboxylic acids is 1. The summed E-state index contributed by atoms with van der Waals surface area (Å²) in [6, 6.07) is 0. The van der Waals surface area contributed by atoms with E-state index in [4.69, 9.17) is 0 Å². The van der Waals surface area contributed by atoms with E-state index in [1.54, 1.807) is 0 Å². The van der Waals surface area contributed by atoms with Gasteiger partial charge in [0.25, 0.3) is 0 Å². The summed E-state index contributed by atoms with van der Waals surface area (Å²) in [4.78, 5) is 9.91. The molecule has 1 atom stereocenters. The summed E-state index contributed by atoms with van der Waals surface area (Å²) >= 11 is 0. The monoisotopic (exact) mass is 481 g/mol. The Balaban J connectivity index is 0. The van der Waals surface area contributed by atoms with Gasteiger partial charge in [-0.3, -0.25) is 0 Å². The van der Waals surface area contributed by atoms with Crippen molar-refractivity contribution in [3.05, 3.63) is 0 Å². The zero-order chi connectivity index (χ0) is 23.6. The Hall–Kier alpha value is -1.76. The van der Waals surface area contributed by atoms with Gasteiger partial charge < -0.3 is 16.1 Å². The van der Waals surface area contributed by atoms with Gasteiger partial charge in [-0.1, -0.05) is 0 Å². The first kappa shape index (κ1) is 29.4. The molecule has 0 saturated heterocycles. The summed E-state index contributed by atoms with van der Waals surface area (Å²) in [6.45, 7) is 0. The van der Waals surface area contributed by atoms with Crippen LogP contribution in [0.3, 0.4) is 0 Å². The van der Waals surface area contributed by atoms with Crippen LogP contribution >= 0.6 is 0 Å². The molecule has 176 valence electrons. The number of hydrogen-bond donors (Lipinski definition) is 1. The molecule has 20 heteroatoms. The number of carboxylic acid groups (broad SMARTS) is 1. The van der Waals surface area contributed by atoms with Crippen LogP contribution in [-0.2, 0) is 4.79 Å². The van der Waals surface area contributed by atoms with E-state index in [1.807, 2.05) is 0 Å². The Morgan fingerprint density at radius 2 is 0.690 bits per heavy atom. The molecular formula is C9H4F17NO2. The van der Waals surface area contributed by atoms with E-state index >= 15 is 0 Å².